The number of carbonyl (C=O) groups is 2. The first-order valence-corrected chi connectivity index (χ1v) is 9.38. The summed E-state index contributed by atoms with van der Waals surface area (Å²) in [5.41, 5.74) is 0.982. The number of rotatable bonds is 6. The van der Waals surface area contributed by atoms with Crippen molar-refractivity contribution >= 4 is 23.6 Å². The summed E-state index contributed by atoms with van der Waals surface area (Å²) < 4.78 is 0. The van der Waals surface area contributed by atoms with Crippen LogP contribution < -0.4 is 0 Å². The number of amides is 1. The SMILES string of the molecule is O=C(O)c1cccc(CC(=O)N2CCC(CSc3ccccc3)C2)c1. The largest absolute Gasteiger partial charge is 0.478 e. The lowest BCUT2D eigenvalue weighted by Crippen LogP contribution is -2.30. The standard InChI is InChI=1S/C20H21NO3S/c22-19(12-15-5-4-6-17(11-15)20(23)24)21-10-9-16(13-21)14-25-18-7-2-1-3-8-18/h1-8,11,16H,9-10,12-14H2,(H,23,24). The minimum absolute atomic E-state index is 0.0785. The molecule has 0 saturated carbocycles. The van der Waals surface area contributed by atoms with Crippen LogP contribution in [-0.4, -0.2) is 40.7 Å². The van der Waals surface area contributed by atoms with Crippen molar-refractivity contribution in [2.75, 3.05) is 18.8 Å². The van der Waals surface area contributed by atoms with E-state index in [2.05, 4.69) is 12.1 Å². The Morgan fingerprint density at radius 3 is 2.68 bits per heavy atom. The molecule has 0 radical (unpaired) electrons. The molecule has 5 heteroatoms. The van der Waals surface area contributed by atoms with Gasteiger partial charge in [0, 0.05) is 23.7 Å². The molecule has 0 aliphatic carbocycles. The fourth-order valence-electron chi connectivity index (χ4n) is 3.03. The number of benzene rings is 2. The van der Waals surface area contributed by atoms with Crippen LogP contribution in [-0.2, 0) is 11.2 Å². The minimum Gasteiger partial charge on any atom is -0.478 e. The molecule has 2 aromatic rings. The Bertz CT molecular complexity index is 748. The second-order valence-corrected chi connectivity index (χ2v) is 7.39. The van der Waals surface area contributed by atoms with Gasteiger partial charge in [-0.05, 0) is 42.2 Å². The van der Waals surface area contributed by atoms with Crippen molar-refractivity contribution in [2.45, 2.75) is 17.7 Å². The summed E-state index contributed by atoms with van der Waals surface area (Å²) in [6, 6.07) is 16.9. The van der Waals surface area contributed by atoms with Gasteiger partial charge in [-0.25, -0.2) is 4.79 Å². The Morgan fingerprint density at radius 1 is 1.12 bits per heavy atom. The van der Waals surface area contributed by atoms with Crippen LogP contribution in [0.2, 0.25) is 0 Å². The van der Waals surface area contributed by atoms with Gasteiger partial charge in [0.05, 0.1) is 12.0 Å². The van der Waals surface area contributed by atoms with E-state index >= 15 is 0 Å². The van der Waals surface area contributed by atoms with E-state index in [-0.39, 0.29) is 17.9 Å². The van der Waals surface area contributed by atoms with Crippen LogP contribution in [0.3, 0.4) is 0 Å². The lowest BCUT2D eigenvalue weighted by Gasteiger charge is -2.17. The Kier molecular flexibility index (Phi) is 5.76. The first kappa shape index (κ1) is 17.5. The summed E-state index contributed by atoms with van der Waals surface area (Å²) in [6.07, 6.45) is 1.29. The average molecular weight is 355 g/mol. The van der Waals surface area contributed by atoms with E-state index < -0.39 is 5.97 Å². The molecule has 1 unspecified atom stereocenters. The lowest BCUT2D eigenvalue weighted by molar-refractivity contribution is -0.129. The van der Waals surface area contributed by atoms with Crippen LogP contribution in [0.25, 0.3) is 0 Å². The van der Waals surface area contributed by atoms with E-state index in [0.29, 0.717) is 5.92 Å². The average Bonchev–Trinajstić information content (AvgIpc) is 3.10. The zero-order valence-electron chi connectivity index (χ0n) is 13.9. The third kappa shape index (κ3) is 4.86. The number of thioether (sulfide) groups is 1. The highest BCUT2D eigenvalue weighted by molar-refractivity contribution is 7.99. The second-order valence-electron chi connectivity index (χ2n) is 6.30. The van der Waals surface area contributed by atoms with Crippen molar-refractivity contribution in [3.63, 3.8) is 0 Å². The molecule has 2 aromatic carbocycles. The maximum atomic E-state index is 12.5. The van der Waals surface area contributed by atoms with E-state index in [1.807, 2.05) is 40.9 Å². The van der Waals surface area contributed by atoms with E-state index in [1.165, 1.54) is 4.90 Å². The highest BCUT2D eigenvalue weighted by Gasteiger charge is 2.26. The molecular weight excluding hydrogens is 334 g/mol. The Morgan fingerprint density at radius 2 is 1.92 bits per heavy atom. The van der Waals surface area contributed by atoms with Gasteiger partial charge >= 0.3 is 5.97 Å². The van der Waals surface area contributed by atoms with E-state index in [9.17, 15) is 9.59 Å². The summed E-state index contributed by atoms with van der Waals surface area (Å²) in [5.74, 6) is 0.644. The predicted molar refractivity (Wildman–Crippen MR) is 99.0 cm³/mol. The van der Waals surface area contributed by atoms with Crippen LogP contribution in [0.1, 0.15) is 22.3 Å². The fourth-order valence-corrected chi connectivity index (χ4v) is 4.08. The highest BCUT2D eigenvalue weighted by Crippen LogP contribution is 2.26. The van der Waals surface area contributed by atoms with Crippen molar-refractivity contribution in [1.82, 2.24) is 4.90 Å². The Hall–Kier alpha value is -2.27. The van der Waals surface area contributed by atoms with Crippen molar-refractivity contribution in [3.05, 3.63) is 65.7 Å². The summed E-state index contributed by atoms with van der Waals surface area (Å²) in [7, 11) is 0. The van der Waals surface area contributed by atoms with Gasteiger partial charge in [0.15, 0.2) is 0 Å². The number of aromatic carboxylic acids is 1. The van der Waals surface area contributed by atoms with Gasteiger partial charge in [-0.1, -0.05) is 30.3 Å². The number of hydrogen-bond acceptors (Lipinski definition) is 3. The molecule has 1 aliphatic heterocycles. The van der Waals surface area contributed by atoms with Gasteiger partial charge in [-0.15, -0.1) is 11.8 Å². The minimum atomic E-state index is -0.964. The quantitative estimate of drug-likeness (QED) is 0.805. The summed E-state index contributed by atoms with van der Waals surface area (Å²) >= 11 is 1.84. The molecule has 0 bridgehead atoms. The zero-order chi connectivity index (χ0) is 17.6. The zero-order valence-corrected chi connectivity index (χ0v) is 14.7. The Labute approximate surface area is 151 Å². The molecule has 1 aliphatic rings. The first-order valence-electron chi connectivity index (χ1n) is 8.39. The van der Waals surface area contributed by atoms with E-state index in [1.54, 1.807) is 18.2 Å². The molecule has 4 nitrogen and oxygen atoms in total. The number of carbonyl (C=O) groups excluding carboxylic acids is 1. The van der Waals surface area contributed by atoms with Gasteiger partial charge in [-0.3, -0.25) is 4.79 Å². The van der Waals surface area contributed by atoms with Crippen molar-refractivity contribution in [1.29, 1.82) is 0 Å². The van der Waals surface area contributed by atoms with Crippen LogP contribution >= 0.6 is 11.8 Å². The second kappa shape index (κ2) is 8.21. The van der Waals surface area contributed by atoms with Crippen molar-refractivity contribution in [2.24, 2.45) is 5.92 Å². The van der Waals surface area contributed by atoms with Crippen LogP contribution in [0.5, 0.6) is 0 Å². The first-order chi connectivity index (χ1) is 12.1. The van der Waals surface area contributed by atoms with Gasteiger partial charge in [0.1, 0.15) is 0 Å². The van der Waals surface area contributed by atoms with Gasteiger partial charge < -0.3 is 10.0 Å². The summed E-state index contributed by atoms with van der Waals surface area (Å²) in [6.45, 7) is 1.58. The van der Waals surface area contributed by atoms with E-state index in [0.717, 1.165) is 30.8 Å². The molecule has 25 heavy (non-hydrogen) atoms. The molecule has 1 saturated heterocycles. The molecule has 1 heterocycles. The molecule has 1 amide bonds. The van der Waals surface area contributed by atoms with Crippen molar-refractivity contribution in [3.8, 4) is 0 Å². The maximum absolute atomic E-state index is 12.5. The molecule has 1 N–H and O–H groups in total. The maximum Gasteiger partial charge on any atom is 0.335 e. The van der Waals surface area contributed by atoms with Crippen LogP contribution in [0.15, 0.2) is 59.5 Å². The van der Waals surface area contributed by atoms with Crippen molar-refractivity contribution < 1.29 is 14.7 Å². The molecule has 1 atom stereocenters. The lowest BCUT2D eigenvalue weighted by atomic mass is 10.1. The van der Waals surface area contributed by atoms with Gasteiger partial charge in [0.25, 0.3) is 0 Å². The number of nitrogens with zero attached hydrogens (tertiary/aromatic N) is 1. The molecule has 1 fully saturated rings. The smallest absolute Gasteiger partial charge is 0.335 e. The van der Waals surface area contributed by atoms with Gasteiger partial charge in [-0.2, -0.15) is 0 Å². The molecule has 130 valence electrons. The van der Waals surface area contributed by atoms with Gasteiger partial charge in [0.2, 0.25) is 5.91 Å². The normalized spacial score (nSPS) is 16.8. The third-order valence-electron chi connectivity index (χ3n) is 4.40. The number of hydrogen-bond donors (Lipinski definition) is 1. The summed E-state index contributed by atoms with van der Waals surface area (Å²) in [4.78, 5) is 26.7. The third-order valence-corrected chi connectivity index (χ3v) is 5.64. The summed E-state index contributed by atoms with van der Waals surface area (Å²) in [5, 5.41) is 9.04. The number of carboxylic acid groups (broad SMARTS) is 1. The number of carboxylic acids is 1. The molecule has 0 aromatic heterocycles. The fraction of sp³-hybridized carbons (Fsp3) is 0.300. The molecule has 0 spiro atoms. The highest BCUT2D eigenvalue weighted by atomic mass is 32.2. The Balaban J connectivity index is 1.50. The molecule has 3 rings (SSSR count). The molecular formula is C20H21NO3S. The predicted octanol–water partition coefficient (Wildman–Crippen LogP) is 3.57. The monoisotopic (exact) mass is 355 g/mol. The van der Waals surface area contributed by atoms with E-state index in [4.69, 9.17) is 5.11 Å². The van der Waals surface area contributed by atoms with Crippen LogP contribution in [0, 0.1) is 5.92 Å². The topological polar surface area (TPSA) is 57.6 Å². The number of likely N-dealkylation sites (tertiary alicyclic amines) is 1. The van der Waals surface area contributed by atoms with Crippen LogP contribution in [0.4, 0.5) is 0 Å².